The van der Waals surface area contributed by atoms with E-state index in [0.29, 0.717) is 30.0 Å². The van der Waals surface area contributed by atoms with Gasteiger partial charge in [0.05, 0.1) is 0 Å². The molecule has 7 heteroatoms. The van der Waals surface area contributed by atoms with E-state index in [-0.39, 0.29) is 18.4 Å². The minimum atomic E-state index is -0.933. The fraction of sp³-hybridized carbons (Fsp3) is 0.263. The van der Waals surface area contributed by atoms with Crippen molar-refractivity contribution in [1.82, 2.24) is 0 Å². The third-order valence-electron chi connectivity index (χ3n) is 3.92. The quantitative estimate of drug-likeness (QED) is 0.816. The third-order valence-corrected chi connectivity index (χ3v) is 4.66. The summed E-state index contributed by atoms with van der Waals surface area (Å²) in [4.78, 5) is 23.5. The Hall–Kier alpha value is -2.67. The molecule has 2 amide bonds. The Morgan fingerprint density at radius 1 is 1.23 bits per heavy atom. The van der Waals surface area contributed by atoms with E-state index < -0.39 is 10.8 Å². The first kappa shape index (κ1) is 18.1. The van der Waals surface area contributed by atoms with Crippen molar-refractivity contribution in [1.29, 1.82) is 0 Å². The summed E-state index contributed by atoms with van der Waals surface area (Å²) in [6.45, 7) is -0.116. The van der Waals surface area contributed by atoms with E-state index >= 15 is 0 Å². The van der Waals surface area contributed by atoms with Crippen LogP contribution >= 0.6 is 0 Å². The van der Waals surface area contributed by atoms with Crippen molar-refractivity contribution in [3.8, 4) is 5.75 Å². The molecule has 26 heavy (non-hydrogen) atoms. The third kappa shape index (κ3) is 4.92. The maximum atomic E-state index is 12.1. The zero-order valence-electron chi connectivity index (χ0n) is 14.4. The predicted molar refractivity (Wildman–Crippen MR) is 102 cm³/mol. The Balaban J connectivity index is 1.56. The summed E-state index contributed by atoms with van der Waals surface area (Å²) >= 11 is 0. The van der Waals surface area contributed by atoms with Crippen LogP contribution in [0.2, 0.25) is 0 Å². The Morgan fingerprint density at radius 2 is 2.08 bits per heavy atom. The molecule has 0 aliphatic carbocycles. The number of nitrogens with one attached hydrogen (secondary N) is 2. The van der Waals surface area contributed by atoms with Crippen molar-refractivity contribution in [2.24, 2.45) is 0 Å². The molecule has 1 aliphatic rings. The Morgan fingerprint density at radius 3 is 2.88 bits per heavy atom. The van der Waals surface area contributed by atoms with Crippen LogP contribution in [0, 0.1) is 0 Å². The lowest BCUT2D eigenvalue weighted by molar-refractivity contribution is -0.118. The van der Waals surface area contributed by atoms with E-state index in [1.165, 1.54) is 0 Å². The van der Waals surface area contributed by atoms with Gasteiger partial charge in [-0.1, -0.05) is 12.1 Å². The van der Waals surface area contributed by atoms with Gasteiger partial charge in [0.15, 0.2) is 6.61 Å². The second-order valence-corrected chi connectivity index (χ2v) is 7.56. The zero-order valence-corrected chi connectivity index (χ0v) is 15.2. The second kappa shape index (κ2) is 8.14. The number of fused-ring (bicyclic) bond motifs is 1. The molecule has 1 unspecified atom stereocenters. The van der Waals surface area contributed by atoms with Gasteiger partial charge in [-0.3, -0.25) is 13.8 Å². The maximum Gasteiger partial charge on any atom is 0.262 e. The number of hydrogen-bond acceptors (Lipinski definition) is 4. The second-order valence-electron chi connectivity index (χ2n) is 6.12. The number of rotatable bonds is 6. The highest BCUT2D eigenvalue weighted by atomic mass is 32.2. The lowest BCUT2D eigenvalue weighted by Gasteiger charge is -2.17. The number of anilines is 2. The first-order valence-corrected chi connectivity index (χ1v) is 9.97. The Bertz CT molecular complexity index is 866. The van der Waals surface area contributed by atoms with Gasteiger partial charge in [-0.25, -0.2) is 0 Å². The lowest BCUT2D eigenvalue weighted by atomic mass is 10.0. The van der Waals surface area contributed by atoms with Gasteiger partial charge in [0, 0.05) is 40.6 Å². The van der Waals surface area contributed by atoms with Gasteiger partial charge in [0.25, 0.3) is 5.91 Å². The summed E-state index contributed by atoms with van der Waals surface area (Å²) in [5.41, 5.74) is 3.35. The molecule has 1 aliphatic heterocycles. The molecule has 0 aromatic heterocycles. The molecule has 2 aromatic carbocycles. The minimum absolute atomic E-state index is 0.0136. The molecule has 1 heterocycles. The number of aryl methyl sites for hydroxylation is 1. The van der Waals surface area contributed by atoms with Crippen molar-refractivity contribution < 1.29 is 18.5 Å². The fourth-order valence-electron chi connectivity index (χ4n) is 2.77. The summed E-state index contributed by atoms with van der Waals surface area (Å²) in [7, 11) is -0.933. The van der Waals surface area contributed by atoms with Gasteiger partial charge in [-0.05, 0) is 47.9 Å². The minimum Gasteiger partial charge on any atom is -0.484 e. The van der Waals surface area contributed by atoms with Gasteiger partial charge in [-0.2, -0.15) is 0 Å². The topological polar surface area (TPSA) is 84.5 Å². The van der Waals surface area contributed by atoms with Gasteiger partial charge < -0.3 is 15.4 Å². The molecule has 0 fully saturated rings. The number of ether oxygens (including phenoxy) is 1. The summed E-state index contributed by atoms with van der Waals surface area (Å²) in [5.74, 6) is 0.780. The molecule has 2 aromatic rings. The van der Waals surface area contributed by atoms with Gasteiger partial charge >= 0.3 is 0 Å². The predicted octanol–water partition coefficient (Wildman–Crippen LogP) is 2.47. The number of carbonyl (C=O) groups excluding carboxylic acids is 2. The molecular formula is C19H20N2O4S. The Kier molecular flexibility index (Phi) is 5.68. The first-order chi connectivity index (χ1) is 12.5. The molecule has 0 bridgehead atoms. The average Bonchev–Trinajstić information content (AvgIpc) is 2.59. The molecule has 2 N–H and O–H groups in total. The van der Waals surface area contributed by atoms with Gasteiger partial charge in [-0.15, -0.1) is 0 Å². The van der Waals surface area contributed by atoms with Gasteiger partial charge in [0.2, 0.25) is 5.91 Å². The summed E-state index contributed by atoms with van der Waals surface area (Å²) < 4.78 is 16.9. The normalized spacial score (nSPS) is 14.1. The van der Waals surface area contributed by atoms with Crippen LogP contribution in [0.4, 0.5) is 11.4 Å². The van der Waals surface area contributed by atoms with E-state index in [4.69, 9.17) is 4.74 Å². The maximum absolute atomic E-state index is 12.1. The first-order valence-electron chi connectivity index (χ1n) is 8.24. The van der Waals surface area contributed by atoms with Crippen LogP contribution in [0.3, 0.4) is 0 Å². The smallest absolute Gasteiger partial charge is 0.262 e. The highest BCUT2D eigenvalue weighted by Crippen LogP contribution is 2.26. The SMILES string of the molecule is CS(=O)Cc1cccc(NC(=O)COc2ccc3c(c2)CCC(=O)N3)c1. The van der Waals surface area contributed by atoms with Crippen molar-refractivity contribution in [3.05, 3.63) is 53.6 Å². The van der Waals surface area contributed by atoms with Crippen LogP contribution in [-0.2, 0) is 32.6 Å². The van der Waals surface area contributed by atoms with Crippen LogP contribution in [-0.4, -0.2) is 28.9 Å². The Labute approximate surface area is 154 Å². The van der Waals surface area contributed by atoms with E-state index in [2.05, 4.69) is 10.6 Å². The highest BCUT2D eigenvalue weighted by Gasteiger charge is 2.15. The van der Waals surface area contributed by atoms with E-state index in [1.54, 1.807) is 30.5 Å². The highest BCUT2D eigenvalue weighted by molar-refractivity contribution is 7.83. The summed E-state index contributed by atoms with van der Waals surface area (Å²) in [6.07, 6.45) is 2.76. The van der Waals surface area contributed by atoms with Crippen molar-refractivity contribution in [2.75, 3.05) is 23.5 Å². The molecule has 0 radical (unpaired) electrons. The number of carbonyl (C=O) groups is 2. The molecule has 3 rings (SSSR count). The van der Waals surface area contributed by atoms with E-state index in [9.17, 15) is 13.8 Å². The summed E-state index contributed by atoms with van der Waals surface area (Å²) in [5, 5.41) is 5.58. The molecule has 0 saturated heterocycles. The molecule has 136 valence electrons. The number of benzene rings is 2. The zero-order chi connectivity index (χ0) is 18.5. The molecule has 0 saturated carbocycles. The summed E-state index contributed by atoms with van der Waals surface area (Å²) in [6, 6.07) is 12.6. The molecule has 6 nitrogen and oxygen atoms in total. The largest absolute Gasteiger partial charge is 0.484 e. The van der Waals surface area contributed by atoms with Crippen molar-refractivity contribution in [3.63, 3.8) is 0 Å². The van der Waals surface area contributed by atoms with Crippen LogP contribution in [0.25, 0.3) is 0 Å². The van der Waals surface area contributed by atoms with Crippen molar-refractivity contribution in [2.45, 2.75) is 18.6 Å². The molecule has 0 spiro atoms. The van der Waals surface area contributed by atoms with Crippen molar-refractivity contribution >= 4 is 34.0 Å². The van der Waals surface area contributed by atoms with E-state index in [0.717, 1.165) is 16.8 Å². The van der Waals surface area contributed by atoms with Crippen LogP contribution in [0.15, 0.2) is 42.5 Å². The molecule has 1 atom stereocenters. The lowest BCUT2D eigenvalue weighted by Crippen LogP contribution is -2.21. The average molecular weight is 372 g/mol. The molecular weight excluding hydrogens is 352 g/mol. The number of hydrogen-bond donors (Lipinski definition) is 2. The van der Waals surface area contributed by atoms with Gasteiger partial charge in [0.1, 0.15) is 5.75 Å². The van der Waals surface area contributed by atoms with Crippen LogP contribution in [0.1, 0.15) is 17.5 Å². The fourth-order valence-corrected chi connectivity index (χ4v) is 3.42. The van der Waals surface area contributed by atoms with Crippen LogP contribution < -0.4 is 15.4 Å². The van der Waals surface area contributed by atoms with Crippen LogP contribution in [0.5, 0.6) is 5.75 Å². The number of amides is 2. The van der Waals surface area contributed by atoms with E-state index in [1.807, 2.05) is 18.2 Å². The standard InChI is InChI=1S/C19H20N2O4S/c1-26(24)12-13-3-2-4-15(9-13)20-19(23)11-25-16-6-7-17-14(10-16)5-8-18(22)21-17/h2-4,6-7,9-10H,5,8,11-12H2,1H3,(H,20,23)(H,21,22). The monoisotopic (exact) mass is 372 g/mol.